The Balaban J connectivity index is 2.12. The molecule has 0 aliphatic carbocycles. The minimum Gasteiger partial charge on any atom is -0.321 e. The lowest BCUT2D eigenvalue weighted by Crippen LogP contribution is -2.05. The average molecular weight is 306 g/mol. The first-order valence-corrected chi connectivity index (χ1v) is 7.22. The van der Waals surface area contributed by atoms with Gasteiger partial charge in [0, 0.05) is 5.69 Å². The number of aromatic nitrogens is 3. The number of alkyl halides is 1. The van der Waals surface area contributed by atoms with Crippen molar-refractivity contribution in [2.45, 2.75) is 19.3 Å². The van der Waals surface area contributed by atoms with Gasteiger partial charge in [-0.1, -0.05) is 23.7 Å². The lowest BCUT2D eigenvalue weighted by Gasteiger charge is -2.08. The van der Waals surface area contributed by atoms with Gasteiger partial charge in [-0.3, -0.25) is 4.98 Å². The van der Waals surface area contributed by atoms with Crippen LogP contribution in [0.25, 0.3) is 11.0 Å². The third-order valence-corrected chi connectivity index (χ3v) is 3.74. The van der Waals surface area contributed by atoms with E-state index in [1.807, 2.05) is 43.3 Å². The van der Waals surface area contributed by atoms with Crippen molar-refractivity contribution < 1.29 is 0 Å². The molecule has 0 bridgehead atoms. The Morgan fingerprint density at radius 2 is 1.90 bits per heavy atom. The molecule has 0 aliphatic rings. The van der Waals surface area contributed by atoms with Gasteiger partial charge in [0.25, 0.3) is 0 Å². The van der Waals surface area contributed by atoms with Crippen molar-refractivity contribution in [3.63, 3.8) is 0 Å². The number of aryl methyl sites for hydroxylation is 1. The summed E-state index contributed by atoms with van der Waals surface area (Å²) in [5, 5.41) is 0.643. The quantitative estimate of drug-likeness (QED) is 0.680. The van der Waals surface area contributed by atoms with Crippen LogP contribution in [-0.4, -0.2) is 14.5 Å². The van der Waals surface area contributed by atoms with Crippen LogP contribution in [-0.2, 0) is 12.4 Å². The Labute approximate surface area is 127 Å². The summed E-state index contributed by atoms with van der Waals surface area (Å²) in [6.07, 6.45) is 0. The van der Waals surface area contributed by atoms with Crippen LogP contribution in [0.5, 0.6) is 0 Å². The molecule has 5 heteroatoms. The van der Waals surface area contributed by atoms with Gasteiger partial charge in [-0.05, 0) is 31.2 Å². The number of imidazole rings is 1. The molecule has 3 rings (SSSR count). The lowest BCUT2D eigenvalue weighted by molar-refractivity contribution is 0.755. The van der Waals surface area contributed by atoms with Gasteiger partial charge in [0.05, 0.1) is 28.7 Å². The molecule has 0 radical (unpaired) electrons. The van der Waals surface area contributed by atoms with Gasteiger partial charge in [0.2, 0.25) is 0 Å². The smallest absolute Gasteiger partial charge is 0.125 e. The number of fused-ring (bicyclic) bond motifs is 1. The number of para-hydroxylation sites is 1. The maximum Gasteiger partial charge on any atom is 0.125 e. The first-order valence-electron chi connectivity index (χ1n) is 6.31. The van der Waals surface area contributed by atoms with Crippen molar-refractivity contribution in [1.82, 2.24) is 14.5 Å². The third kappa shape index (κ3) is 2.39. The number of nitrogens with zero attached hydrogens (tertiary/aromatic N) is 3. The third-order valence-electron chi connectivity index (χ3n) is 3.19. The van der Waals surface area contributed by atoms with Crippen LogP contribution >= 0.6 is 23.2 Å². The summed E-state index contributed by atoms with van der Waals surface area (Å²) >= 11 is 12.2. The largest absolute Gasteiger partial charge is 0.321 e. The molecule has 0 atom stereocenters. The average Bonchev–Trinajstić information content (AvgIpc) is 2.79. The zero-order chi connectivity index (χ0) is 14.1. The first-order chi connectivity index (χ1) is 9.69. The number of pyridine rings is 1. The summed E-state index contributed by atoms with van der Waals surface area (Å²) in [5.74, 6) is 1.15. The highest BCUT2D eigenvalue weighted by Gasteiger charge is 2.12. The number of hydrogen-bond donors (Lipinski definition) is 0. The van der Waals surface area contributed by atoms with Crippen LogP contribution in [0.1, 0.15) is 17.2 Å². The molecular formula is C15H13Cl2N3. The predicted molar refractivity (Wildman–Crippen MR) is 82.4 cm³/mol. The van der Waals surface area contributed by atoms with Crippen molar-refractivity contribution in [2.24, 2.45) is 0 Å². The molecule has 102 valence electrons. The van der Waals surface area contributed by atoms with Gasteiger partial charge in [0.15, 0.2) is 0 Å². The van der Waals surface area contributed by atoms with E-state index >= 15 is 0 Å². The Bertz CT molecular complexity index is 765. The van der Waals surface area contributed by atoms with Gasteiger partial charge >= 0.3 is 0 Å². The maximum atomic E-state index is 6.19. The molecule has 0 saturated carbocycles. The van der Waals surface area contributed by atoms with E-state index in [1.54, 1.807) is 0 Å². The van der Waals surface area contributed by atoms with E-state index in [0.717, 1.165) is 28.2 Å². The Kier molecular flexibility index (Phi) is 3.64. The number of halogens is 2. The standard InChI is InChI=1S/C15H13Cl2N3/c1-10-4-2-5-11(18-10)9-20-13-7-3-6-12(17)15(13)19-14(20)8-16/h2-7H,8-9H2,1H3. The second-order valence-corrected chi connectivity index (χ2v) is 5.30. The zero-order valence-corrected chi connectivity index (χ0v) is 12.5. The number of hydrogen-bond acceptors (Lipinski definition) is 2. The van der Waals surface area contributed by atoms with E-state index in [2.05, 4.69) is 14.5 Å². The SMILES string of the molecule is Cc1cccc(Cn2c(CCl)nc3c(Cl)cccc32)n1. The summed E-state index contributed by atoms with van der Waals surface area (Å²) < 4.78 is 2.07. The van der Waals surface area contributed by atoms with Crippen molar-refractivity contribution in [3.05, 3.63) is 58.6 Å². The lowest BCUT2D eigenvalue weighted by atomic mass is 10.3. The molecule has 0 aliphatic heterocycles. The molecule has 0 amide bonds. The Morgan fingerprint density at radius 1 is 1.10 bits per heavy atom. The zero-order valence-electron chi connectivity index (χ0n) is 11.0. The van der Waals surface area contributed by atoms with Gasteiger partial charge < -0.3 is 4.57 Å². The fourth-order valence-corrected chi connectivity index (χ4v) is 2.70. The topological polar surface area (TPSA) is 30.7 Å². The minimum atomic E-state index is 0.344. The fraction of sp³-hybridized carbons (Fsp3) is 0.200. The highest BCUT2D eigenvalue weighted by molar-refractivity contribution is 6.35. The van der Waals surface area contributed by atoms with Crippen LogP contribution in [0.4, 0.5) is 0 Å². The van der Waals surface area contributed by atoms with Crippen LogP contribution in [0.3, 0.4) is 0 Å². The molecule has 20 heavy (non-hydrogen) atoms. The highest BCUT2D eigenvalue weighted by Crippen LogP contribution is 2.25. The summed E-state index contributed by atoms with van der Waals surface area (Å²) in [6, 6.07) is 11.7. The van der Waals surface area contributed by atoms with E-state index in [4.69, 9.17) is 23.2 Å². The van der Waals surface area contributed by atoms with Crippen LogP contribution in [0.15, 0.2) is 36.4 Å². The van der Waals surface area contributed by atoms with E-state index in [-0.39, 0.29) is 0 Å². The minimum absolute atomic E-state index is 0.344. The Morgan fingerprint density at radius 3 is 2.65 bits per heavy atom. The molecule has 0 fully saturated rings. The maximum absolute atomic E-state index is 6.19. The predicted octanol–water partition coefficient (Wildman–Crippen LogP) is 4.18. The fourth-order valence-electron chi connectivity index (χ4n) is 2.29. The molecule has 0 spiro atoms. The van der Waals surface area contributed by atoms with Crippen molar-refractivity contribution >= 4 is 34.2 Å². The van der Waals surface area contributed by atoms with Crippen molar-refractivity contribution in [3.8, 4) is 0 Å². The van der Waals surface area contributed by atoms with Gasteiger partial charge in [-0.25, -0.2) is 4.98 Å². The van der Waals surface area contributed by atoms with Crippen molar-refractivity contribution in [2.75, 3.05) is 0 Å². The second-order valence-electron chi connectivity index (χ2n) is 4.63. The number of rotatable bonds is 3. The molecule has 1 aromatic carbocycles. The molecule has 3 nitrogen and oxygen atoms in total. The van der Waals surface area contributed by atoms with Gasteiger partial charge in [-0.2, -0.15) is 0 Å². The Hall–Kier alpha value is -1.58. The molecule has 0 saturated heterocycles. The summed E-state index contributed by atoms with van der Waals surface area (Å²) in [7, 11) is 0. The van der Waals surface area contributed by atoms with E-state index < -0.39 is 0 Å². The molecule has 0 unspecified atom stereocenters. The van der Waals surface area contributed by atoms with Gasteiger partial charge in [-0.15, -0.1) is 11.6 Å². The monoisotopic (exact) mass is 305 g/mol. The second kappa shape index (κ2) is 5.43. The molecule has 3 aromatic rings. The molecule has 2 heterocycles. The summed E-state index contributed by atoms with van der Waals surface area (Å²) in [6.45, 7) is 2.62. The van der Waals surface area contributed by atoms with E-state index in [1.165, 1.54) is 0 Å². The highest BCUT2D eigenvalue weighted by atomic mass is 35.5. The van der Waals surface area contributed by atoms with E-state index in [0.29, 0.717) is 17.4 Å². The summed E-state index contributed by atoms with van der Waals surface area (Å²) in [5.41, 5.74) is 3.75. The van der Waals surface area contributed by atoms with Crippen LogP contribution in [0, 0.1) is 6.92 Å². The first kappa shape index (κ1) is 13.4. The molecule has 2 aromatic heterocycles. The molecule has 0 N–H and O–H groups in total. The van der Waals surface area contributed by atoms with Gasteiger partial charge in [0.1, 0.15) is 11.3 Å². The van der Waals surface area contributed by atoms with Crippen LogP contribution in [0.2, 0.25) is 5.02 Å². The normalized spacial score (nSPS) is 11.2. The summed E-state index contributed by atoms with van der Waals surface area (Å²) in [4.78, 5) is 9.05. The number of benzene rings is 1. The van der Waals surface area contributed by atoms with Crippen molar-refractivity contribution in [1.29, 1.82) is 0 Å². The van der Waals surface area contributed by atoms with Crippen LogP contribution < -0.4 is 0 Å². The van der Waals surface area contributed by atoms with E-state index in [9.17, 15) is 0 Å². The molecular weight excluding hydrogens is 293 g/mol.